The Kier molecular flexibility index (Phi) is 3.31. The number of rotatable bonds is 0. The molecule has 18 nitrogen and oxygen atoms in total. The number of hydrogen-bond acceptors (Lipinski definition) is 12. The standard InChI is InChI=1S/C15H4N12O6/c28-9-1-4(22-13(31)25-9)19-7(16-1)8-17-3-6(20-8)24-15(33)27(11(3)30)12-18-2-5(21-12)23-14(32)26-10(2)29/h(H,20,24,33)(H,26,29,32)(H2,19,22,25,28,31). The van der Waals surface area contributed by atoms with E-state index in [2.05, 4.69) is 44.9 Å². The third-order valence-electron chi connectivity index (χ3n) is 4.50. The second-order valence-electron chi connectivity index (χ2n) is 6.53. The molecule has 0 bridgehead atoms. The van der Waals surface area contributed by atoms with E-state index in [0.29, 0.717) is 4.57 Å². The number of hydrogen-bond donors (Lipinski definition) is 4. The second kappa shape index (κ2) is 6.00. The molecule has 33 heavy (non-hydrogen) atoms. The van der Waals surface area contributed by atoms with Crippen LogP contribution in [-0.2, 0) is 4.79 Å². The molecular formula is C15H4N12O6. The molecule has 4 aliphatic rings. The van der Waals surface area contributed by atoms with Crippen LogP contribution >= 0.6 is 0 Å². The van der Waals surface area contributed by atoms with Gasteiger partial charge >= 0.3 is 17.4 Å². The predicted octanol–water partition coefficient (Wildman–Crippen LogP) is -6.45. The van der Waals surface area contributed by atoms with Gasteiger partial charge in [-0.2, -0.15) is 14.6 Å². The van der Waals surface area contributed by atoms with Gasteiger partial charge in [-0.3, -0.25) is 34.7 Å². The maximum Gasteiger partial charge on any atom is 0.350 e. The van der Waals surface area contributed by atoms with E-state index < -0.39 is 40.4 Å². The van der Waals surface area contributed by atoms with Crippen molar-refractivity contribution in [1.82, 2.24) is 24.8 Å². The fraction of sp³-hybridized carbons (Fsp3) is 0. The molecule has 6 rings (SSSR count). The molecule has 2 aromatic heterocycles. The first kappa shape index (κ1) is 18.2. The summed E-state index contributed by atoms with van der Waals surface area (Å²) in [6, 6.07) is -0.968. The van der Waals surface area contributed by atoms with Crippen LogP contribution in [0.15, 0.2) is 65.8 Å². The molecule has 18 heteroatoms. The maximum absolute atomic E-state index is 12.9. The lowest BCUT2D eigenvalue weighted by molar-refractivity contribution is -0.113. The lowest BCUT2D eigenvalue weighted by atomic mass is 10.3. The Labute approximate surface area is 174 Å². The zero-order chi connectivity index (χ0) is 23.0. The molecule has 3 amide bonds. The minimum atomic E-state index is -1.01. The minimum Gasteiger partial charge on any atom is -0.290 e. The Morgan fingerprint density at radius 1 is 0.667 bits per heavy atom. The Morgan fingerprint density at radius 3 is 2.12 bits per heavy atom. The fourth-order valence-electron chi connectivity index (χ4n) is 3.14. The van der Waals surface area contributed by atoms with E-state index in [4.69, 9.17) is 0 Å². The molecule has 0 saturated carbocycles. The lowest BCUT2D eigenvalue weighted by Crippen LogP contribution is -2.54. The number of nitrogens with zero attached hydrogens (tertiary/aromatic N) is 8. The highest BCUT2D eigenvalue weighted by molar-refractivity contribution is 6.72. The van der Waals surface area contributed by atoms with Crippen molar-refractivity contribution in [1.29, 1.82) is 0 Å². The average Bonchev–Trinajstić information content (AvgIpc) is 3.44. The first-order chi connectivity index (χ1) is 15.8. The number of aromatic nitrogens is 4. The van der Waals surface area contributed by atoms with Crippen molar-refractivity contribution in [2.24, 2.45) is 34.9 Å². The van der Waals surface area contributed by atoms with Crippen LogP contribution < -0.4 is 49.5 Å². The van der Waals surface area contributed by atoms with Crippen molar-refractivity contribution in [3.63, 3.8) is 0 Å². The molecule has 0 aromatic carbocycles. The first-order valence-corrected chi connectivity index (χ1v) is 8.78. The molecule has 6 heterocycles. The van der Waals surface area contributed by atoms with Crippen LogP contribution in [0.5, 0.6) is 0 Å². The molecule has 0 fully saturated rings. The van der Waals surface area contributed by atoms with Gasteiger partial charge in [0.15, 0.2) is 33.2 Å². The van der Waals surface area contributed by atoms with Crippen LogP contribution in [0.25, 0.3) is 0 Å². The number of amidine groups is 1. The smallest absolute Gasteiger partial charge is 0.290 e. The summed E-state index contributed by atoms with van der Waals surface area (Å²) in [7, 11) is 0. The predicted molar refractivity (Wildman–Crippen MR) is 102 cm³/mol. The van der Waals surface area contributed by atoms with Crippen molar-refractivity contribution >= 4 is 29.4 Å². The van der Waals surface area contributed by atoms with Gasteiger partial charge in [-0.15, -0.1) is 0 Å². The quantitative estimate of drug-likeness (QED) is 0.304. The van der Waals surface area contributed by atoms with E-state index in [1.54, 1.807) is 0 Å². The Morgan fingerprint density at radius 2 is 1.36 bits per heavy atom. The van der Waals surface area contributed by atoms with Crippen molar-refractivity contribution in [2.75, 3.05) is 0 Å². The zero-order valence-corrected chi connectivity index (χ0v) is 15.5. The summed E-state index contributed by atoms with van der Waals surface area (Å²) >= 11 is 0. The normalized spacial score (nSPS) is 19.7. The Bertz CT molecular complexity index is 2010. The molecular weight excluding hydrogens is 444 g/mol. The van der Waals surface area contributed by atoms with Crippen molar-refractivity contribution in [3.8, 4) is 0 Å². The van der Waals surface area contributed by atoms with Gasteiger partial charge < -0.3 is 0 Å². The number of aromatic amines is 3. The monoisotopic (exact) mass is 448 g/mol. The molecule has 0 aliphatic carbocycles. The highest BCUT2D eigenvalue weighted by Crippen LogP contribution is 2.10. The van der Waals surface area contributed by atoms with Crippen LogP contribution in [0.3, 0.4) is 0 Å². The number of urea groups is 1. The Hall–Kier alpha value is -5.55. The number of amides is 3. The lowest BCUT2D eigenvalue weighted by Gasteiger charge is -2.05. The number of aliphatic imine (C=N–C) groups is 3. The number of carbonyl (C=O) groups excluding carboxylic acids is 2. The van der Waals surface area contributed by atoms with Gasteiger partial charge in [-0.1, -0.05) is 0 Å². The van der Waals surface area contributed by atoms with Crippen LogP contribution in [0.1, 0.15) is 0 Å². The summed E-state index contributed by atoms with van der Waals surface area (Å²) < 4.78 is 0.483. The molecule has 0 unspecified atom stereocenters. The van der Waals surface area contributed by atoms with E-state index in [1.807, 2.05) is 10.3 Å². The van der Waals surface area contributed by atoms with Crippen LogP contribution in [-0.4, -0.2) is 49.0 Å². The van der Waals surface area contributed by atoms with Crippen molar-refractivity contribution in [3.05, 3.63) is 75.0 Å². The van der Waals surface area contributed by atoms with Crippen LogP contribution in [0, 0.1) is 0 Å². The number of fused-ring (bicyclic) bond motifs is 3. The third kappa shape index (κ3) is 2.57. The summed E-state index contributed by atoms with van der Waals surface area (Å²) in [4.78, 5) is 106. The number of imide groups is 1. The van der Waals surface area contributed by atoms with Gasteiger partial charge in [0.2, 0.25) is 17.6 Å². The SMILES string of the molecule is O=C1N=C2N=C(n3c(=O)[nH]c4c(c3=O)=NC(=C3N=c5[nH]c(=O)[nH]c(=O)c5=N3)N=4)N=C2C(=O)N1. The van der Waals surface area contributed by atoms with Crippen molar-refractivity contribution < 1.29 is 9.59 Å². The summed E-state index contributed by atoms with van der Waals surface area (Å²) in [6.07, 6.45) is 0. The average molecular weight is 448 g/mol. The summed E-state index contributed by atoms with van der Waals surface area (Å²) in [5.74, 6) is -2.15. The second-order valence-corrected chi connectivity index (χ2v) is 6.53. The van der Waals surface area contributed by atoms with Gasteiger partial charge in [0.1, 0.15) is 0 Å². The highest BCUT2D eigenvalue weighted by atomic mass is 16.2. The van der Waals surface area contributed by atoms with Gasteiger partial charge in [0.05, 0.1) is 0 Å². The molecule has 4 N–H and O–H groups in total. The van der Waals surface area contributed by atoms with Gasteiger partial charge in [0, 0.05) is 0 Å². The molecule has 0 atom stereocenters. The molecule has 0 saturated heterocycles. The molecule has 0 spiro atoms. The van der Waals surface area contributed by atoms with E-state index in [1.165, 1.54) is 0 Å². The van der Waals surface area contributed by atoms with E-state index in [9.17, 15) is 28.8 Å². The molecule has 0 radical (unpaired) electrons. The maximum atomic E-state index is 12.9. The molecule has 160 valence electrons. The highest BCUT2D eigenvalue weighted by Gasteiger charge is 2.32. The Balaban J connectivity index is 1.55. The van der Waals surface area contributed by atoms with E-state index in [-0.39, 0.29) is 44.9 Å². The van der Waals surface area contributed by atoms with Crippen LogP contribution in [0.4, 0.5) is 4.79 Å². The number of carbonyl (C=O) groups is 2. The summed E-state index contributed by atoms with van der Waals surface area (Å²) in [5, 5.41) is 1.38. The first-order valence-electron chi connectivity index (χ1n) is 8.78. The zero-order valence-electron chi connectivity index (χ0n) is 15.5. The van der Waals surface area contributed by atoms with Gasteiger partial charge in [-0.05, 0) is 0 Å². The van der Waals surface area contributed by atoms with Gasteiger partial charge in [0.25, 0.3) is 17.0 Å². The van der Waals surface area contributed by atoms with E-state index >= 15 is 0 Å². The third-order valence-corrected chi connectivity index (χ3v) is 4.50. The fourth-order valence-corrected chi connectivity index (χ4v) is 3.14. The molecule has 4 aliphatic heterocycles. The molecule has 2 aromatic rings. The largest absolute Gasteiger partial charge is 0.350 e. The topological polar surface area (TPSA) is 253 Å². The van der Waals surface area contributed by atoms with Gasteiger partial charge in [-0.25, -0.2) is 39.3 Å². The summed E-state index contributed by atoms with van der Waals surface area (Å²) in [5.41, 5.74) is -4.27. The van der Waals surface area contributed by atoms with E-state index in [0.717, 1.165) is 0 Å². The summed E-state index contributed by atoms with van der Waals surface area (Å²) in [6.45, 7) is 0. The van der Waals surface area contributed by atoms with Crippen LogP contribution in [0.2, 0.25) is 0 Å². The number of nitrogens with one attached hydrogen (secondary N) is 4. The van der Waals surface area contributed by atoms with Crippen molar-refractivity contribution in [2.45, 2.75) is 0 Å². The number of H-pyrrole nitrogens is 3. The minimum absolute atomic E-state index is 0.120.